The molecule has 58 valence electrons. The third kappa shape index (κ3) is 2.31. The highest BCUT2D eigenvalue weighted by Crippen LogP contribution is 2.16. The zero-order chi connectivity index (χ0) is 8.10. The number of rotatable bonds is 3. The molecule has 0 unspecified atom stereocenters. The van der Waals surface area contributed by atoms with E-state index in [4.69, 9.17) is 0 Å². The molecule has 4 heteroatoms. The van der Waals surface area contributed by atoms with E-state index in [1.54, 1.807) is 12.3 Å². The van der Waals surface area contributed by atoms with E-state index in [0.29, 0.717) is 6.54 Å². The van der Waals surface area contributed by atoms with Gasteiger partial charge in [-0.25, -0.2) is 9.97 Å². The van der Waals surface area contributed by atoms with Crippen molar-refractivity contribution in [1.29, 1.82) is 0 Å². The lowest BCUT2D eigenvalue weighted by Crippen LogP contribution is -2.00. The summed E-state index contributed by atoms with van der Waals surface area (Å²) in [6.07, 6.45) is 4.96. The van der Waals surface area contributed by atoms with Gasteiger partial charge in [0.05, 0.1) is 4.47 Å². The van der Waals surface area contributed by atoms with Crippen molar-refractivity contribution in [1.82, 2.24) is 9.97 Å². The van der Waals surface area contributed by atoms with Gasteiger partial charge in [0, 0.05) is 12.7 Å². The van der Waals surface area contributed by atoms with Crippen molar-refractivity contribution in [2.24, 2.45) is 0 Å². The average molecular weight is 214 g/mol. The van der Waals surface area contributed by atoms with Gasteiger partial charge in [-0.3, -0.25) is 0 Å². The smallest absolute Gasteiger partial charge is 0.143 e. The van der Waals surface area contributed by atoms with Gasteiger partial charge in [-0.2, -0.15) is 0 Å². The summed E-state index contributed by atoms with van der Waals surface area (Å²) in [5.41, 5.74) is 0. The summed E-state index contributed by atoms with van der Waals surface area (Å²) in [6.45, 7) is 4.29. The highest BCUT2D eigenvalue weighted by Gasteiger charge is 1.96. The van der Waals surface area contributed by atoms with Crippen LogP contribution in [0.2, 0.25) is 0 Å². The Morgan fingerprint density at radius 1 is 1.73 bits per heavy atom. The van der Waals surface area contributed by atoms with Crippen molar-refractivity contribution in [2.45, 2.75) is 0 Å². The van der Waals surface area contributed by atoms with Crippen LogP contribution < -0.4 is 5.32 Å². The largest absolute Gasteiger partial charge is 0.366 e. The fraction of sp³-hybridized carbons (Fsp3) is 0.143. The van der Waals surface area contributed by atoms with Crippen molar-refractivity contribution in [2.75, 3.05) is 11.9 Å². The molecule has 0 bridgehead atoms. The Morgan fingerprint density at radius 2 is 2.55 bits per heavy atom. The summed E-state index contributed by atoms with van der Waals surface area (Å²) in [6, 6.07) is 0. The second-order valence-corrected chi connectivity index (χ2v) is 2.74. The summed E-state index contributed by atoms with van der Waals surface area (Å²) >= 11 is 3.30. The fourth-order valence-electron chi connectivity index (χ4n) is 0.612. The lowest BCUT2D eigenvalue weighted by molar-refractivity contribution is 1.13. The summed E-state index contributed by atoms with van der Waals surface area (Å²) in [7, 11) is 0. The normalized spacial score (nSPS) is 9.18. The molecule has 11 heavy (non-hydrogen) atoms. The van der Waals surface area contributed by atoms with Crippen LogP contribution in [0.15, 0.2) is 29.7 Å². The lowest BCUT2D eigenvalue weighted by atomic mass is 10.5. The number of nitrogens with one attached hydrogen (secondary N) is 1. The molecule has 0 aromatic carbocycles. The molecule has 1 aromatic rings. The first kappa shape index (κ1) is 8.20. The molecular formula is C7H8BrN3. The summed E-state index contributed by atoms with van der Waals surface area (Å²) in [5.74, 6) is 0.792. The predicted molar refractivity (Wildman–Crippen MR) is 48.4 cm³/mol. The van der Waals surface area contributed by atoms with E-state index in [9.17, 15) is 0 Å². The van der Waals surface area contributed by atoms with Crippen LogP contribution in [0.5, 0.6) is 0 Å². The second kappa shape index (κ2) is 4.08. The van der Waals surface area contributed by atoms with Crippen molar-refractivity contribution >= 4 is 21.7 Å². The van der Waals surface area contributed by atoms with E-state index >= 15 is 0 Å². The zero-order valence-electron chi connectivity index (χ0n) is 5.92. The molecule has 0 saturated heterocycles. The van der Waals surface area contributed by atoms with Crippen molar-refractivity contribution in [3.63, 3.8) is 0 Å². The van der Waals surface area contributed by atoms with Gasteiger partial charge in [0.25, 0.3) is 0 Å². The molecule has 0 spiro atoms. The minimum atomic E-state index is 0.704. The van der Waals surface area contributed by atoms with Crippen molar-refractivity contribution < 1.29 is 0 Å². The molecule has 1 N–H and O–H groups in total. The van der Waals surface area contributed by atoms with E-state index in [0.717, 1.165) is 10.3 Å². The highest BCUT2D eigenvalue weighted by atomic mass is 79.9. The van der Waals surface area contributed by atoms with E-state index in [-0.39, 0.29) is 0 Å². The maximum Gasteiger partial charge on any atom is 0.143 e. The molecule has 1 heterocycles. The van der Waals surface area contributed by atoms with Crippen molar-refractivity contribution in [3.8, 4) is 0 Å². The first-order valence-electron chi connectivity index (χ1n) is 3.15. The van der Waals surface area contributed by atoms with Crippen molar-refractivity contribution in [3.05, 3.63) is 29.7 Å². The minimum Gasteiger partial charge on any atom is -0.366 e. The van der Waals surface area contributed by atoms with Crippen LogP contribution in [0.4, 0.5) is 5.82 Å². The standard InChI is InChI=1S/C7H8BrN3/c1-2-3-10-7-6(8)4-9-5-11-7/h2,4-5H,1,3H2,(H,9,10,11). The van der Waals surface area contributed by atoms with Crippen LogP contribution in [0.25, 0.3) is 0 Å². The van der Waals surface area contributed by atoms with Gasteiger partial charge in [0.15, 0.2) is 0 Å². The SMILES string of the molecule is C=CCNc1ncncc1Br. The third-order valence-electron chi connectivity index (χ3n) is 1.08. The Hall–Kier alpha value is -0.900. The van der Waals surface area contributed by atoms with Crippen LogP contribution in [-0.4, -0.2) is 16.5 Å². The van der Waals surface area contributed by atoms with E-state index in [1.807, 2.05) is 0 Å². The van der Waals surface area contributed by atoms with Gasteiger partial charge < -0.3 is 5.32 Å². The van der Waals surface area contributed by atoms with E-state index in [2.05, 4.69) is 37.8 Å². The van der Waals surface area contributed by atoms with Gasteiger partial charge in [-0.1, -0.05) is 6.08 Å². The second-order valence-electron chi connectivity index (χ2n) is 1.89. The number of aromatic nitrogens is 2. The molecule has 0 aliphatic rings. The molecular weight excluding hydrogens is 206 g/mol. The number of hydrogen-bond acceptors (Lipinski definition) is 3. The Balaban J connectivity index is 2.69. The molecule has 0 radical (unpaired) electrons. The molecule has 0 atom stereocenters. The van der Waals surface area contributed by atoms with Gasteiger partial charge in [0.1, 0.15) is 12.1 Å². The molecule has 1 aromatic heterocycles. The first-order chi connectivity index (χ1) is 5.34. The zero-order valence-corrected chi connectivity index (χ0v) is 7.50. The van der Waals surface area contributed by atoms with Gasteiger partial charge in [-0.15, -0.1) is 6.58 Å². The molecule has 0 aliphatic heterocycles. The summed E-state index contributed by atoms with van der Waals surface area (Å²) in [4.78, 5) is 7.83. The van der Waals surface area contributed by atoms with Crippen LogP contribution >= 0.6 is 15.9 Å². The molecule has 0 fully saturated rings. The minimum absolute atomic E-state index is 0.704. The quantitative estimate of drug-likeness (QED) is 0.780. The topological polar surface area (TPSA) is 37.8 Å². The van der Waals surface area contributed by atoms with Gasteiger partial charge >= 0.3 is 0 Å². The Morgan fingerprint density at radius 3 is 3.18 bits per heavy atom. The summed E-state index contributed by atoms with van der Waals surface area (Å²) in [5, 5.41) is 3.05. The number of anilines is 1. The predicted octanol–water partition coefficient (Wildman–Crippen LogP) is 1.84. The molecule has 1 rings (SSSR count). The maximum atomic E-state index is 4.00. The van der Waals surface area contributed by atoms with E-state index in [1.165, 1.54) is 6.33 Å². The number of halogens is 1. The average Bonchev–Trinajstić information content (AvgIpc) is 2.03. The lowest BCUT2D eigenvalue weighted by Gasteiger charge is -2.02. The molecule has 3 nitrogen and oxygen atoms in total. The van der Waals surface area contributed by atoms with Crippen LogP contribution in [0.1, 0.15) is 0 Å². The number of nitrogens with zero attached hydrogens (tertiary/aromatic N) is 2. The monoisotopic (exact) mass is 213 g/mol. The number of hydrogen-bond donors (Lipinski definition) is 1. The Kier molecular flexibility index (Phi) is 3.04. The fourth-order valence-corrected chi connectivity index (χ4v) is 0.972. The third-order valence-corrected chi connectivity index (χ3v) is 1.66. The van der Waals surface area contributed by atoms with Gasteiger partial charge in [0.2, 0.25) is 0 Å². The maximum absolute atomic E-state index is 4.00. The molecule has 0 amide bonds. The summed E-state index contributed by atoms with van der Waals surface area (Å²) < 4.78 is 0.863. The Labute approximate surface area is 73.7 Å². The Bertz CT molecular complexity index is 249. The van der Waals surface area contributed by atoms with Crippen LogP contribution in [0.3, 0.4) is 0 Å². The molecule has 0 saturated carbocycles. The highest BCUT2D eigenvalue weighted by molar-refractivity contribution is 9.10. The van der Waals surface area contributed by atoms with E-state index < -0.39 is 0 Å². The first-order valence-corrected chi connectivity index (χ1v) is 3.94. The van der Waals surface area contributed by atoms with Crippen LogP contribution in [0, 0.1) is 0 Å². The van der Waals surface area contributed by atoms with Gasteiger partial charge in [-0.05, 0) is 15.9 Å². The van der Waals surface area contributed by atoms with Crippen LogP contribution in [-0.2, 0) is 0 Å². The molecule has 0 aliphatic carbocycles.